The number of amidine groups is 1. The number of aryl methyl sites for hydroxylation is 1. The number of benzene rings is 1. The van der Waals surface area contributed by atoms with Crippen LogP contribution in [-0.2, 0) is 20.8 Å². The Balaban J connectivity index is 1.81. The number of halogens is 2. The molecule has 5 nitrogen and oxygen atoms in total. The Labute approximate surface area is 156 Å². The van der Waals surface area contributed by atoms with E-state index in [0.29, 0.717) is 23.6 Å². The number of allylic oxidation sites excluding steroid dienone is 2. The third kappa shape index (κ3) is 3.83. The second-order valence-corrected chi connectivity index (χ2v) is 7.31. The van der Waals surface area contributed by atoms with E-state index in [0.717, 1.165) is 24.0 Å². The van der Waals surface area contributed by atoms with Crippen molar-refractivity contribution in [2.45, 2.75) is 30.2 Å². The summed E-state index contributed by atoms with van der Waals surface area (Å²) < 4.78 is 5.19. The summed E-state index contributed by atoms with van der Waals surface area (Å²) in [5.41, 5.74) is 13.3. The first-order valence-corrected chi connectivity index (χ1v) is 8.76. The normalized spacial score (nSPS) is 25.7. The van der Waals surface area contributed by atoms with Crippen LogP contribution >= 0.6 is 23.2 Å². The number of carbonyl (C=O) groups is 1. The molecule has 2 unspecified atom stereocenters. The monoisotopic (exact) mass is 379 g/mol. The molecule has 25 heavy (non-hydrogen) atoms. The molecule has 0 spiro atoms. The highest BCUT2D eigenvalue weighted by Gasteiger charge is 2.34. The molecule has 3 rings (SSSR count). The highest BCUT2D eigenvalue weighted by Crippen LogP contribution is 2.44. The molecule has 0 saturated heterocycles. The van der Waals surface area contributed by atoms with Crippen LogP contribution in [0.25, 0.3) is 0 Å². The van der Waals surface area contributed by atoms with Gasteiger partial charge in [-0.05, 0) is 24.0 Å². The number of primary amides is 1. The minimum atomic E-state index is -0.804. The first kappa shape index (κ1) is 17.8. The standard InChI is InChI=1S/C18H19Cl2N3O2/c19-15-9-18(20,8-7-13(15)16(21)24)14-4-2-1-3-11(14)5-6-12-10-25-17(22)23-12/h1-4,7-8,12H,5-6,9-10H2,(H2,21,24)(H2,22,23). The van der Waals surface area contributed by atoms with Crippen molar-refractivity contribution in [1.82, 2.24) is 0 Å². The van der Waals surface area contributed by atoms with Gasteiger partial charge in [-0.15, -0.1) is 11.6 Å². The van der Waals surface area contributed by atoms with Crippen LogP contribution < -0.4 is 11.5 Å². The van der Waals surface area contributed by atoms with Crippen LogP contribution in [0.2, 0.25) is 0 Å². The molecule has 0 fully saturated rings. The van der Waals surface area contributed by atoms with E-state index >= 15 is 0 Å². The molecule has 2 aliphatic rings. The molecule has 1 aliphatic heterocycles. The number of alkyl halides is 1. The maximum Gasteiger partial charge on any atom is 0.282 e. The molecule has 1 heterocycles. The van der Waals surface area contributed by atoms with Crippen molar-refractivity contribution in [2.24, 2.45) is 16.5 Å². The van der Waals surface area contributed by atoms with E-state index in [9.17, 15) is 4.79 Å². The van der Waals surface area contributed by atoms with Crippen LogP contribution in [0.5, 0.6) is 0 Å². The lowest BCUT2D eigenvalue weighted by molar-refractivity contribution is -0.114. The van der Waals surface area contributed by atoms with E-state index in [2.05, 4.69) is 4.99 Å². The average Bonchev–Trinajstić information content (AvgIpc) is 2.98. The van der Waals surface area contributed by atoms with Crippen molar-refractivity contribution >= 4 is 35.1 Å². The SMILES string of the molecule is NC(=O)C1=C(Cl)CC(Cl)(c2ccccc2CCC2COC(N)=N2)C=C1. The first-order chi connectivity index (χ1) is 11.9. The summed E-state index contributed by atoms with van der Waals surface area (Å²) in [5.74, 6) is -0.551. The Morgan fingerprint density at radius 1 is 1.40 bits per heavy atom. The molecule has 7 heteroatoms. The number of ether oxygens (including phenoxy) is 1. The molecule has 0 aromatic heterocycles. The van der Waals surface area contributed by atoms with Gasteiger partial charge in [0, 0.05) is 11.5 Å². The van der Waals surface area contributed by atoms with Crippen LogP contribution in [0.4, 0.5) is 0 Å². The molecule has 1 aromatic rings. The van der Waals surface area contributed by atoms with E-state index in [1.807, 2.05) is 24.3 Å². The average molecular weight is 380 g/mol. The van der Waals surface area contributed by atoms with Crippen LogP contribution in [0.1, 0.15) is 24.0 Å². The zero-order valence-electron chi connectivity index (χ0n) is 13.5. The largest absolute Gasteiger partial charge is 0.463 e. The minimum absolute atomic E-state index is 0.0613. The highest BCUT2D eigenvalue weighted by atomic mass is 35.5. The van der Waals surface area contributed by atoms with Gasteiger partial charge in [0.15, 0.2) is 0 Å². The Bertz CT molecular complexity index is 788. The fraction of sp³-hybridized carbons (Fsp3) is 0.333. The number of nitrogens with zero attached hydrogens (tertiary/aromatic N) is 1. The molecule has 132 valence electrons. The topological polar surface area (TPSA) is 90.7 Å². The Hall–Kier alpha value is -1.98. The van der Waals surface area contributed by atoms with E-state index in [-0.39, 0.29) is 12.1 Å². The van der Waals surface area contributed by atoms with E-state index in [4.69, 9.17) is 39.4 Å². The van der Waals surface area contributed by atoms with Crippen molar-refractivity contribution in [3.63, 3.8) is 0 Å². The summed E-state index contributed by atoms with van der Waals surface area (Å²) in [6.45, 7) is 0.510. The van der Waals surface area contributed by atoms with Crippen LogP contribution in [-0.4, -0.2) is 24.6 Å². The number of aliphatic imine (C=N–C) groups is 1. The minimum Gasteiger partial charge on any atom is -0.463 e. The second-order valence-electron chi connectivity index (χ2n) is 6.18. The number of hydrogen-bond acceptors (Lipinski definition) is 4. The molecule has 0 bridgehead atoms. The van der Waals surface area contributed by atoms with Gasteiger partial charge < -0.3 is 16.2 Å². The lowest BCUT2D eigenvalue weighted by Gasteiger charge is -2.29. The molecule has 0 saturated carbocycles. The maximum atomic E-state index is 11.4. The fourth-order valence-electron chi connectivity index (χ4n) is 3.14. The van der Waals surface area contributed by atoms with Crippen molar-refractivity contribution in [1.29, 1.82) is 0 Å². The molecular formula is C18H19Cl2N3O2. The summed E-state index contributed by atoms with van der Waals surface area (Å²) in [4.78, 5) is 14.9. The zero-order chi connectivity index (χ0) is 18.0. The number of hydrogen-bond donors (Lipinski definition) is 2. The van der Waals surface area contributed by atoms with Gasteiger partial charge in [-0.2, -0.15) is 0 Å². The molecular weight excluding hydrogens is 361 g/mol. The van der Waals surface area contributed by atoms with Gasteiger partial charge in [-0.25, -0.2) is 4.99 Å². The van der Waals surface area contributed by atoms with Crippen molar-refractivity contribution in [2.75, 3.05) is 6.61 Å². The Kier molecular flexibility index (Phi) is 5.06. The number of amides is 1. The maximum absolute atomic E-state index is 11.4. The van der Waals surface area contributed by atoms with Gasteiger partial charge in [0.1, 0.15) is 6.61 Å². The van der Waals surface area contributed by atoms with Crippen LogP contribution in [0.15, 0.2) is 52.0 Å². The Morgan fingerprint density at radius 2 is 2.16 bits per heavy atom. The molecule has 2 atom stereocenters. The van der Waals surface area contributed by atoms with Gasteiger partial charge in [-0.3, -0.25) is 4.79 Å². The van der Waals surface area contributed by atoms with Crippen LogP contribution in [0.3, 0.4) is 0 Å². The lowest BCUT2D eigenvalue weighted by Crippen LogP contribution is -2.24. The molecule has 1 aliphatic carbocycles. The number of carbonyl (C=O) groups excluding carboxylic acids is 1. The van der Waals surface area contributed by atoms with E-state index in [1.165, 1.54) is 0 Å². The Morgan fingerprint density at radius 3 is 2.80 bits per heavy atom. The zero-order valence-corrected chi connectivity index (χ0v) is 15.1. The molecule has 4 N–H and O–H groups in total. The summed E-state index contributed by atoms with van der Waals surface area (Å²) in [7, 11) is 0. The van der Waals surface area contributed by atoms with Gasteiger partial charge >= 0.3 is 0 Å². The highest BCUT2D eigenvalue weighted by molar-refractivity contribution is 6.34. The number of nitrogens with two attached hydrogens (primary N) is 2. The third-order valence-electron chi connectivity index (χ3n) is 4.43. The quantitative estimate of drug-likeness (QED) is 0.770. The van der Waals surface area contributed by atoms with Crippen molar-refractivity contribution in [3.8, 4) is 0 Å². The van der Waals surface area contributed by atoms with Crippen LogP contribution in [0, 0.1) is 0 Å². The van der Waals surface area contributed by atoms with Gasteiger partial charge in [0.2, 0.25) is 5.91 Å². The lowest BCUT2D eigenvalue weighted by atomic mass is 9.84. The second kappa shape index (κ2) is 7.10. The summed E-state index contributed by atoms with van der Waals surface area (Å²) in [6, 6.07) is 8.24. The first-order valence-electron chi connectivity index (χ1n) is 8.00. The summed E-state index contributed by atoms with van der Waals surface area (Å²) in [6.07, 6.45) is 5.30. The van der Waals surface area contributed by atoms with Gasteiger partial charge in [-0.1, -0.05) is 48.0 Å². The molecule has 1 amide bonds. The summed E-state index contributed by atoms with van der Waals surface area (Å²) in [5, 5.41) is 0.376. The molecule has 1 aromatic carbocycles. The predicted octanol–water partition coefficient (Wildman–Crippen LogP) is 2.70. The third-order valence-corrected chi connectivity index (χ3v) is 5.23. The van der Waals surface area contributed by atoms with Crippen molar-refractivity contribution < 1.29 is 9.53 Å². The summed E-state index contributed by atoms with van der Waals surface area (Å²) >= 11 is 13.1. The predicted molar refractivity (Wildman–Crippen MR) is 99.5 cm³/mol. The fourth-order valence-corrected chi connectivity index (χ4v) is 3.95. The smallest absolute Gasteiger partial charge is 0.282 e. The number of rotatable bonds is 5. The van der Waals surface area contributed by atoms with Gasteiger partial charge in [0.05, 0.1) is 16.5 Å². The van der Waals surface area contributed by atoms with E-state index < -0.39 is 10.8 Å². The van der Waals surface area contributed by atoms with Gasteiger partial charge in [0.25, 0.3) is 6.02 Å². The van der Waals surface area contributed by atoms with Crippen molar-refractivity contribution in [3.05, 3.63) is 58.1 Å². The van der Waals surface area contributed by atoms with E-state index in [1.54, 1.807) is 12.2 Å². The molecule has 0 radical (unpaired) electrons.